The third-order valence-corrected chi connectivity index (χ3v) is 5.65. The van der Waals surface area contributed by atoms with E-state index in [0.29, 0.717) is 23.8 Å². The van der Waals surface area contributed by atoms with Gasteiger partial charge in [0.25, 0.3) is 0 Å². The average molecular weight is 407 g/mol. The molecule has 2 aromatic heterocycles. The van der Waals surface area contributed by atoms with Gasteiger partial charge in [0.05, 0.1) is 29.1 Å². The van der Waals surface area contributed by atoms with E-state index < -0.39 is 9.52 Å². The molecule has 0 amide bonds. The van der Waals surface area contributed by atoms with Crippen LogP contribution in [0.25, 0.3) is 22.7 Å². The van der Waals surface area contributed by atoms with Gasteiger partial charge in [0.1, 0.15) is 12.0 Å². The minimum Gasteiger partial charge on any atom is -0.493 e. The van der Waals surface area contributed by atoms with Gasteiger partial charge in [0.15, 0.2) is 0 Å². The van der Waals surface area contributed by atoms with Crippen LogP contribution in [0.15, 0.2) is 76.4 Å². The third kappa shape index (κ3) is 4.41. The standard InChI is InChI=1S/C22H21N3O3S/c1-29(2,26)20-14-23-25-21(20)16-8-10-19(11-9-16)27-13-12-18-15-28-22(24-18)17-6-4-3-5-7-17/h3-11,14-15H,1,12-13H2,2H3,(H,23,25). The van der Waals surface area contributed by atoms with Crippen LogP contribution in [-0.2, 0) is 15.9 Å². The summed E-state index contributed by atoms with van der Waals surface area (Å²) < 4.78 is 23.6. The van der Waals surface area contributed by atoms with E-state index in [-0.39, 0.29) is 0 Å². The first-order valence-corrected chi connectivity index (χ1v) is 11.2. The van der Waals surface area contributed by atoms with Gasteiger partial charge in [-0.25, -0.2) is 4.98 Å². The number of hydrogen-bond donors (Lipinski definition) is 1. The quantitative estimate of drug-likeness (QED) is 0.467. The van der Waals surface area contributed by atoms with Crippen LogP contribution >= 0.6 is 0 Å². The molecule has 6 nitrogen and oxygen atoms in total. The van der Waals surface area contributed by atoms with Gasteiger partial charge in [0.2, 0.25) is 5.89 Å². The Morgan fingerprint density at radius 3 is 2.59 bits per heavy atom. The van der Waals surface area contributed by atoms with Gasteiger partial charge in [-0.1, -0.05) is 18.2 Å². The molecule has 1 atom stereocenters. The number of oxazole rings is 1. The van der Waals surface area contributed by atoms with E-state index in [4.69, 9.17) is 9.15 Å². The van der Waals surface area contributed by atoms with Gasteiger partial charge in [-0.15, -0.1) is 0 Å². The molecule has 0 spiro atoms. The topological polar surface area (TPSA) is 81.0 Å². The lowest BCUT2D eigenvalue weighted by atomic mass is 10.1. The van der Waals surface area contributed by atoms with Gasteiger partial charge < -0.3 is 9.15 Å². The molecular weight excluding hydrogens is 386 g/mol. The Balaban J connectivity index is 1.37. The highest BCUT2D eigenvalue weighted by atomic mass is 32.2. The summed E-state index contributed by atoms with van der Waals surface area (Å²) in [6, 6.07) is 17.3. The number of ether oxygens (including phenoxy) is 1. The van der Waals surface area contributed by atoms with Crippen molar-refractivity contribution in [3.8, 4) is 28.5 Å². The maximum atomic E-state index is 12.3. The number of rotatable bonds is 7. The zero-order chi connectivity index (χ0) is 20.3. The van der Waals surface area contributed by atoms with Gasteiger partial charge >= 0.3 is 0 Å². The fraction of sp³-hybridized carbons (Fsp3) is 0.136. The van der Waals surface area contributed by atoms with Crippen LogP contribution in [0.4, 0.5) is 0 Å². The first-order chi connectivity index (χ1) is 14.0. The first kappa shape index (κ1) is 19.0. The molecule has 0 aliphatic rings. The van der Waals surface area contributed by atoms with Crippen LogP contribution < -0.4 is 4.74 Å². The Bertz CT molecular complexity index is 1190. The van der Waals surface area contributed by atoms with Crippen molar-refractivity contribution < 1.29 is 13.4 Å². The molecule has 29 heavy (non-hydrogen) atoms. The molecule has 148 valence electrons. The summed E-state index contributed by atoms with van der Waals surface area (Å²) in [5.41, 5.74) is 3.39. The Hall–Kier alpha value is -3.32. The van der Waals surface area contributed by atoms with E-state index in [0.717, 1.165) is 28.3 Å². The normalized spacial score (nSPS) is 13.1. The lowest BCUT2D eigenvalue weighted by Gasteiger charge is -2.07. The molecule has 4 rings (SSSR count). The smallest absolute Gasteiger partial charge is 0.226 e. The van der Waals surface area contributed by atoms with Crippen LogP contribution in [0.5, 0.6) is 5.75 Å². The van der Waals surface area contributed by atoms with Crippen LogP contribution in [0.2, 0.25) is 0 Å². The molecule has 2 aromatic carbocycles. The van der Waals surface area contributed by atoms with E-state index in [2.05, 4.69) is 21.1 Å². The Kier molecular flexibility index (Phi) is 5.22. The Labute approximate surface area is 169 Å². The van der Waals surface area contributed by atoms with E-state index in [1.165, 1.54) is 0 Å². The molecule has 1 N–H and O–H groups in total. The predicted molar refractivity (Wildman–Crippen MR) is 115 cm³/mol. The van der Waals surface area contributed by atoms with Crippen molar-refractivity contribution in [1.82, 2.24) is 15.2 Å². The molecule has 0 fully saturated rings. The van der Waals surface area contributed by atoms with Crippen molar-refractivity contribution >= 4 is 15.4 Å². The summed E-state index contributed by atoms with van der Waals surface area (Å²) in [6.45, 7) is 0.483. The molecule has 0 aliphatic heterocycles. The van der Waals surface area contributed by atoms with Crippen LogP contribution in [0.3, 0.4) is 0 Å². The van der Waals surface area contributed by atoms with Gasteiger partial charge in [-0.05, 0) is 51.8 Å². The largest absolute Gasteiger partial charge is 0.493 e. The fourth-order valence-corrected chi connectivity index (χ4v) is 3.81. The molecule has 1 unspecified atom stereocenters. The molecule has 0 saturated carbocycles. The maximum absolute atomic E-state index is 12.3. The molecule has 0 aliphatic carbocycles. The molecule has 4 aromatic rings. The lowest BCUT2D eigenvalue weighted by Crippen LogP contribution is -2.01. The number of aromatic amines is 1. The molecule has 0 radical (unpaired) electrons. The van der Waals surface area contributed by atoms with Crippen LogP contribution in [0.1, 0.15) is 5.69 Å². The lowest BCUT2D eigenvalue weighted by molar-refractivity contribution is 0.320. The molecule has 0 saturated heterocycles. The summed E-state index contributed by atoms with van der Waals surface area (Å²) in [6.07, 6.45) is 5.47. The zero-order valence-corrected chi connectivity index (χ0v) is 16.8. The second kappa shape index (κ2) is 7.97. The zero-order valence-electron chi connectivity index (χ0n) is 16.0. The van der Waals surface area contributed by atoms with Crippen molar-refractivity contribution in [3.63, 3.8) is 0 Å². The average Bonchev–Trinajstić information content (AvgIpc) is 3.39. The summed E-state index contributed by atoms with van der Waals surface area (Å²) >= 11 is 0. The van der Waals surface area contributed by atoms with Gasteiger partial charge in [0, 0.05) is 23.8 Å². The van der Waals surface area contributed by atoms with E-state index in [1.807, 2.05) is 54.6 Å². The Morgan fingerprint density at radius 1 is 1.10 bits per heavy atom. The number of nitrogens with zero attached hydrogens (tertiary/aromatic N) is 2. The summed E-state index contributed by atoms with van der Waals surface area (Å²) in [4.78, 5) is 5.12. The SMILES string of the molecule is C=S(C)(=O)c1cn[nH]c1-c1ccc(OCCc2coc(-c3ccccc3)n2)cc1. The first-order valence-electron chi connectivity index (χ1n) is 9.09. The van der Waals surface area contributed by atoms with Gasteiger partial charge in [-0.2, -0.15) is 5.10 Å². The number of H-pyrrole nitrogens is 1. The molecule has 7 heteroatoms. The van der Waals surface area contributed by atoms with E-state index in [9.17, 15) is 4.21 Å². The predicted octanol–water partition coefficient (Wildman–Crippen LogP) is 4.06. The highest BCUT2D eigenvalue weighted by Gasteiger charge is 2.13. The molecular formula is C22H21N3O3S. The van der Waals surface area contributed by atoms with Crippen LogP contribution in [-0.4, -0.2) is 38.1 Å². The minimum absolute atomic E-state index is 0.483. The highest BCUT2D eigenvalue weighted by molar-refractivity contribution is 7.99. The fourth-order valence-electron chi connectivity index (χ4n) is 2.94. The Morgan fingerprint density at radius 2 is 1.86 bits per heavy atom. The monoisotopic (exact) mass is 407 g/mol. The number of hydrogen-bond acceptors (Lipinski definition) is 5. The third-order valence-electron chi connectivity index (χ3n) is 4.41. The maximum Gasteiger partial charge on any atom is 0.226 e. The van der Waals surface area contributed by atoms with Crippen molar-refractivity contribution in [2.75, 3.05) is 12.9 Å². The summed E-state index contributed by atoms with van der Waals surface area (Å²) in [7, 11) is -2.35. The molecule has 0 bridgehead atoms. The minimum atomic E-state index is -2.35. The van der Waals surface area contributed by atoms with E-state index in [1.54, 1.807) is 18.7 Å². The second-order valence-electron chi connectivity index (χ2n) is 6.75. The summed E-state index contributed by atoms with van der Waals surface area (Å²) in [5.74, 6) is 5.09. The number of nitrogens with one attached hydrogen (secondary N) is 1. The van der Waals surface area contributed by atoms with E-state index >= 15 is 0 Å². The second-order valence-corrected chi connectivity index (χ2v) is 9.20. The van der Waals surface area contributed by atoms with Gasteiger partial charge in [-0.3, -0.25) is 9.31 Å². The van der Waals surface area contributed by atoms with Crippen molar-refractivity contribution in [2.45, 2.75) is 11.3 Å². The highest BCUT2D eigenvalue weighted by Crippen LogP contribution is 2.26. The van der Waals surface area contributed by atoms with Crippen molar-refractivity contribution in [3.05, 3.63) is 72.8 Å². The number of aromatic nitrogens is 3. The van der Waals surface area contributed by atoms with Crippen molar-refractivity contribution in [2.24, 2.45) is 0 Å². The number of benzene rings is 2. The summed E-state index contributed by atoms with van der Waals surface area (Å²) in [5, 5.41) is 6.90. The molecule has 2 heterocycles. The van der Waals surface area contributed by atoms with Crippen LogP contribution in [0, 0.1) is 0 Å². The van der Waals surface area contributed by atoms with Crippen molar-refractivity contribution in [1.29, 1.82) is 0 Å².